The van der Waals surface area contributed by atoms with E-state index in [0.29, 0.717) is 10.7 Å². The molecule has 0 saturated heterocycles. The summed E-state index contributed by atoms with van der Waals surface area (Å²) >= 11 is 4.92. The fourth-order valence-corrected chi connectivity index (χ4v) is 2.25. The van der Waals surface area contributed by atoms with Crippen LogP contribution in [0.5, 0.6) is 0 Å². The van der Waals surface area contributed by atoms with Gasteiger partial charge in [0.1, 0.15) is 4.99 Å². The van der Waals surface area contributed by atoms with Gasteiger partial charge in [0.15, 0.2) is 0 Å². The molecule has 1 heterocycles. The minimum Gasteiger partial charge on any atom is -0.388 e. The number of nitrogens with two attached hydrogens (primary N) is 1. The Kier molecular flexibility index (Phi) is 2.74. The summed E-state index contributed by atoms with van der Waals surface area (Å²) < 4.78 is 0. The molecule has 3 rings (SSSR count). The van der Waals surface area contributed by atoms with E-state index in [-0.39, 0.29) is 0 Å². The molecule has 17 heavy (non-hydrogen) atoms. The van der Waals surface area contributed by atoms with E-state index >= 15 is 0 Å². The van der Waals surface area contributed by atoms with E-state index < -0.39 is 0 Å². The number of rotatable bonds is 5. The highest BCUT2D eigenvalue weighted by Gasteiger charge is 2.33. The molecule has 2 N–H and O–H groups in total. The summed E-state index contributed by atoms with van der Waals surface area (Å²) in [5.41, 5.74) is 7.49. The van der Waals surface area contributed by atoms with Crippen molar-refractivity contribution in [1.82, 2.24) is 4.98 Å². The summed E-state index contributed by atoms with van der Waals surface area (Å²) in [6, 6.07) is 4.77. The van der Waals surface area contributed by atoms with Gasteiger partial charge in [0.25, 0.3) is 0 Å². The van der Waals surface area contributed by atoms with E-state index in [4.69, 9.17) is 18.0 Å². The Balaban J connectivity index is 1.77. The molecule has 0 aliphatic heterocycles. The molecule has 0 spiro atoms. The molecule has 1 aromatic heterocycles. The van der Waals surface area contributed by atoms with E-state index in [9.17, 15) is 0 Å². The second-order valence-corrected chi connectivity index (χ2v) is 5.53. The van der Waals surface area contributed by atoms with Crippen molar-refractivity contribution in [3.63, 3.8) is 0 Å². The first-order chi connectivity index (χ1) is 8.24. The van der Waals surface area contributed by atoms with Crippen LogP contribution >= 0.6 is 12.2 Å². The zero-order valence-corrected chi connectivity index (χ0v) is 10.6. The zero-order chi connectivity index (χ0) is 11.8. The van der Waals surface area contributed by atoms with E-state index in [0.717, 1.165) is 12.0 Å². The van der Waals surface area contributed by atoms with Crippen LogP contribution in [0.2, 0.25) is 0 Å². The van der Waals surface area contributed by atoms with Crippen molar-refractivity contribution >= 4 is 22.9 Å². The highest BCUT2D eigenvalue weighted by Crippen LogP contribution is 2.37. The number of nitrogens with zero attached hydrogens (tertiary/aromatic N) is 2. The molecule has 2 saturated carbocycles. The van der Waals surface area contributed by atoms with Crippen LogP contribution in [0.1, 0.15) is 31.4 Å². The molecule has 0 aromatic carbocycles. The molecule has 0 bridgehead atoms. The van der Waals surface area contributed by atoms with Gasteiger partial charge in [0.2, 0.25) is 0 Å². The van der Waals surface area contributed by atoms with Crippen LogP contribution in [-0.2, 0) is 0 Å². The molecule has 3 nitrogen and oxygen atoms in total. The average molecular weight is 247 g/mol. The summed E-state index contributed by atoms with van der Waals surface area (Å²) in [5.74, 6) is 0.908. The van der Waals surface area contributed by atoms with Crippen molar-refractivity contribution in [1.29, 1.82) is 0 Å². The summed E-state index contributed by atoms with van der Waals surface area (Å²) in [7, 11) is 0. The second kappa shape index (κ2) is 4.26. The maximum atomic E-state index is 5.56. The van der Waals surface area contributed by atoms with Crippen molar-refractivity contribution in [2.45, 2.75) is 31.7 Å². The molecular weight excluding hydrogens is 230 g/mol. The summed E-state index contributed by atoms with van der Waals surface area (Å²) in [5, 5.41) is 0. The molecule has 1 aromatic rings. The van der Waals surface area contributed by atoms with Crippen LogP contribution < -0.4 is 10.6 Å². The van der Waals surface area contributed by atoms with Gasteiger partial charge in [-0.05, 0) is 43.7 Å². The second-order valence-electron chi connectivity index (χ2n) is 5.09. The van der Waals surface area contributed by atoms with Crippen LogP contribution in [0.15, 0.2) is 18.3 Å². The lowest BCUT2D eigenvalue weighted by molar-refractivity contribution is 0.717. The van der Waals surface area contributed by atoms with Crippen LogP contribution in [0, 0.1) is 5.92 Å². The number of anilines is 1. The quantitative estimate of drug-likeness (QED) is 0.809. The third-order valence-electron chi connectivity index (χ3n) is 3.47. The molecule has 90 valence electrons. The predicted molar refractivity (Wildman–Crippen MR) is 73.2 cm³/mol. The lowest BCUT2D eigenvalue weighted by Crippen LogP contribution is -2.28. The van der Waals surface area contributed by atoms with Gasteiger partial charge in [-0.2, -0.15) is 0 Å². The lowest BCUT2D eigenvalue weighted by atomic mass is 10.2. The first kappa shape index (κ1) is 11.0. The van der Waals surface area contributed by atoms with E-state index in [1.165, 1.54) is 37.9 Å². The monoisotopic (exact) mass is 247 g/mol. The highest BCUT2D eigenvalue weighted by atomic mass is 32.1. The zero-order valence-electron chi connectivity index (χ0n) is 9.80. The molecule has 4 heteroatoms. The first-order valence-corrected chi connectivity index (χ1v) is 6.67. The van der Waals surface area contributed by atoms with Crippen LogP contribution in [0.3, 0.4) is 0 Å². The van der Waals surface area contributed by atoms with Crippen molar-refractivity contribution in [3.05, 3.63) is 24.0 Å². The van der Waals surface area contributed by atoms with Crippen molar-refractivity contribution in [3.8, 4) is 0 Å². The summed E-state index contributed by atoms with van der Waals surface area (Å²) in [4.78, 5) is 7.21. The normalized spacial score (nSPS) is 19.1. The third-order valence-corrected chi connectivity index (χ3v) is 3.68. The lowest BCUT2D eigenvalue weighted by Gasteiger charge is -2.24. The number of hydrogen-bond donors (Lipinski definition) is 1. The van der Waals surface area contributed by atoms with Crippen molar-refractivity contribution < 1.29 is 0 Å². The number of aromatic nitrogens is 1. The van der Waals surface area contributed by atoms with Crippen LogP contribution in [0.25, 0.3) is 0 Å². The predicted octanol–water partition coefficient (Wildman–Crippen LogP) is 2.09. The van der Waals surface area contributed by atoms with Gasteiger partial charge in [0, 0.05) is 12.6 Å². The topological polar surface area (TPSA) is 42.1 Å². The van der Waals surface area contributed by atoms with Gasteiger partial charge in [-0.15, -0.1) is 0 Å². The maximum Gasteiger partial charge on any atom is 0.122 e. The molecule has 2 fully saturated rings. The molecule has 0 amide bonds. The van der Waals surface area contributed by atoms with E-state index in [1.54, 1.807) is 0 Å². The van der Waals surface area contributed by atoms with Crippen LogP contribution in [0.4, 0.5) is 5.69 Å². The van der Waals surface area contributed by atoms with Gasteiger partial charge < -0.3 is 10.6 Å². The van der Waals surface area contributed by atoms with Gasteiger partial charge in [-0.3, -0.25) is 4.98 Å². The summed E-state index contributed by atoms with van der Waals surface area (Å²) in [6.07, 6.45) is 7.34. The number of hydrogen-bond acceptors (Lipinski definition) is 3. The number of pyridine rings is 1. The molecule has 2 aliphatic rings. The van der Waals surface area contributed by atoms with Crippen LogP contribution in [-0.4, -0.2) is 22.6 Å². The standard InChI is InChI=1S/C13H17N3S/c14-13(17)12-6-5-11(7-15-12)16(10-3-4-10)8-9-1-2-9/h5-7,9-10H,1-4,8H2,(H2,14,17). The smallest absolute Gasteiger partial charge is 0.122 e. The fourth-order valence-electron chi connectivity index (χ4n) is 2.13. The SMILES string of the molecule is NC(=S)c1ccc(N(CC2CC2)C2CC2)cn1. The molecule has 0 radical (unpaired) electrons. The Morgan fingerprint density at radius 1 is 1.35 bits per heavy atom. The average Bonchev–Trinajstić information content (AvgIpc) is 3.18. The van der Waals surface area contributed by atoms with Crippen molar-refractivity contribution in [2.24, 2.45) is 11.7 Å². The van der Waals surface area contributed by atoms with E-state index in [1.807, 2.05) is 12.3 Å². The van der Waals surface area contributed by atoms with Gasteiger partial charge >= 0.3 is 0 Å². The third kappa shape index (κ3) is 2.57. The largest absolute Gasteiger partial charge is 0.388 e. The fraction of sp³-hybridized carbons (Fsp3) is 0.538. The van der Waals surface area contributed by atoms with Gasteiger partial charge in [-0.1, -0.05) is 12.2 Å². The summed E-state index contributed by atoms with van der Waals surface area (Å²) in [6.45, 7) is 1.19. The Morgan fingerprint density at radius 2 is 2.12 bits per heavy atom. The van der Waals surface area contributed by atoms with Crippen molar-refractivity contribution in [2.75, 3.05) is 11.4 Å². The molecule has 0 unspecified atom stereocenters. The molecule has 2 aliphatic carbocycles. The van der Waals surface area contributed by atoms with Gasteiger partial charge in [-0.25, -0.2) is 0 Å². The number of thiocarbonyl (C=S) groups is 1. The first-order valence-electron chi connectivity index (χ1n) is 6.26. The molecular formula is C13H17N3S. The minimum absolute atomic E-state index is 0.372. The highest BCUT2D eigenvalue weighted by molar-refractivity contribution is 7.80. The Morgan fingerprint density at radius 3 is 2.59 bits per heavy atom. The molecule has 0 atom stereocenters. The van der Waals surface area contributed by atoms with Gasteiger partial charge in [0.05, 0.1) is 17.6 Å². The Labute approximate surface area is 107 Å². The minimum atomic E-state index is 0.372. The Bertz CT molecular complexity index is 421. The Hall–Kier alpha value is -1.16. The maximum absolute atomic E-state index is 5.56. The van der Waals surface area contributed by atoms with E-state index in [2.05, 4.69) is 16.0 Å².